The normalized spacial score (nSPS) is 32.1. The van der Waals surface area contributed by atoms with Gasteiger partial charge in [0.15, 0.2) is 0 Å². The maximum atomic E-state index is 13.7. The van der Waals surface area contributed by atoms with E-state index in [1.807, 2.05) is 31.5 Å². The fourth-order valence-corrected chi connectivity index (χ4v) is 2.67. The maximum Gasteiger partial charge on any atom is 0.230 e. The number of alkyl halides is 1. The van der Waals surface area contributed by atoms with Gasteiger partial charge in [-0.3, -0.25) is 9.69 Å². The first kappa shape index (κ1) is 15.0. The van der Waals surface area contributed by atoms with Crippen LogP contribution in [0.15, 0.2) is 6.07 Å². The fraction of sp³-hybridized carbons (Fsp3) is 0.733. The number of fused-ring (bicyclic) bond motifs is 1. The molecule has 1 aliphatic heterocycles. The predicted octanol–water partition coefficient (Wildman–Crippen LogP) is 3.13. The van der Waals surface area contributed by atoms with Crippen LogP contribution >= 0.6 is 0 Å². The van der Waals surface area contributed by atoms with Crippen LogP contribution in [-0.4, -0.2) is 28.4 Å². The summed E-state index contributed by atoms with van der Waals surface area (Å²) in [7, 11) is 1.77. The predicted molar refractivity (Wildman–Crippen MR) is 77.6 cm³/mol. The number of aromatic nitrogens is 2. The van der Waals surface area contributed by atoms with Crippen LogP contribution in [0.4, 0.5) is 10.2 Å². The van der Waals surface area contributed by atoms with E-state index >= 15 is 0 Å². The zero-order valence-corrected chi connectivity index (χ0v) is 13.0. The first-order valence-corrected chi connectivity index (χ1v) is 7.44. The lowest BCUT2D eigenvalue weighted by Crippen LogP contribution is -2.30. The van der Waals surface area contributed by atoms with Gasteiger partial charge < -0.3 is 0 Å². The lowest BCUT2D eigenvalue weighted by molar-refractivity contribution is -0.121. The van der Waals surface area contributed by atoms with Crippen molar-refractivity contribution < 1.29 is 9.18 Å². The number of rotatable bonds is 1. The Bertz CT molecular complexity index is 509. The van der Waals surface area contributed by atoms with Crippen LogP contribution in [0, 0.1) is 5.92 Å². The van der Waals surface area contributed by atoms with Crippen molar-refractivity contribution in [1.82, 2.24) is 9.78 Å². The van der Waals surface area contributed by atoms with Crippen LogP contribution in [0.1, 0.15) is 52.1 Å². The summed E-state index contributed by atoms with van der Waals surface area (Å²) in [4.78, 5) is 13.7. The van der Waals surface area contributed by atoms with Crippen LogP contribution in [-0.2, 0) is 11.3 Å². The molecule has 2 heterocycles. The second kappa shape index (κ2) is 5.19. The van der Waals surface area contributed by atoms with Gasteiger partial charge in [0, 0.05) is 31.5 Å². The van der Waals surface area contributed by atoms with Gasteiger partial charge in [-0.2, -0.15) is 5.10 Å². The molecule has 20 heavy (non-hydrogen) atoms. The van der Waals surface area contributed by atoms with Gasteiger partial charge >= 0.3 is 0 Å². The number of aryl methyl sites for hydroxylation is 1. The highest BCUT2D eigenvalue weighted by atomic mass is 19.1. The van der Waals surface area contributed by atoms with Crippen molar-refractivity contribution in [1.29, 1.82) is 0 Å². The van der Waals surface area contributed by atoms with E-state index in [4.69, 9.17) is 0 Å². The van der Waals surface area contributed by atoms with Crippen molar-refractivity contribution in [3.63, 3.8) is 0 Å². The molecule has 3 atom stereocenters. The Morgan fingerprint density at radius 1 is 1.45 bits per heavy atom. The number of amides is 1. The Kier molecular flexibility index (Phi) is 3.89. The van der Waals surface area contributed by atoms with Gasteiger partial charge in [0.05, 0.1) is 5.69 Å². The molecule has 112 valence electrons. The molecule has 3 unspecified atom stereocenters. The molecule has 3 rings (SSSR count). The number of carbonyl (C=O) groups excluding carboxylic acids is 1. The zero-order valence-electron chi connectivity index (χ0n) is 13.0. The molecule has 0 N–H and O–H groups in total. The van der Waals surface area contributed by atoms with Crippen LogP contribution in [0.5, 0.6) is 0 Å². The van der Waals surface area contributed by atoms with Crippen LogP contribution in [0.25, 0.3) is 0 Å². The van der Waals surface area contributed by atoms with E-state index in [0.29, 0.717) is 6.42 Å². The van der Waals surface area contributed by atoms with Crippen molar-refractivity contribution in [2.45, 2.75) is 58.7 Å². The summed E-state index contributed by atoms with van der Waals surface area (Å²) in [5, 5.41) is 4.47. The summed E-state index contributed by atoms with van der Waals surface area (Å²) in [5.41, 5.74) is -0.333. The monoisotopic (exact) mass is 281 g/mol. The van der Waals surface area contributed by atoms with Gasteiger partial charge in [-0.15, -0.1) is 0 Å². The Morgan fingerprint density at radius 3 is 2.60 bits per heavy atom. The smallest absolute Gasteiger partial charge is 0.230 e. The third-order valence-electron chi connectivity index (χ3n) is 4.17. The molecule has 0 spiro atoms. The van der Waals surface area contributed by atoms with E-state index in [0.717, 1.165) is 24.5 Å². The van der Waals surface area contributed by atoms with Gasteiger partial charge in [0.1, 0.15) is 11.5 Å². The number of hydrogen-bond donors (Lipinski definition) is 0. The molecule has 1 amide bonds. The molecule has 2 aliphatic rings. The van der Waals surface area contributed by atoms with Gasteiger partial charge in [-0.25, -0.2) is 9.07 Å². The van der Waals surface area contributed by atoms with Crippen molar-refractivity contribution in [2.75, 3.05) is 11.9 Å². The van der Waals surface area contributed by atoms with Crippen molar-refractivity contribution in [2.24, 2.45) is 5.92 Å². The number of carbonyl (C=O) groups is 1. The quantitative estimate of drug-likeness (QED) is 0.793. The summed E-state index contributed by atoms with van der Waals surface area (Å²) in [6, 6.07) is 1.87. The molecular weight excluding hydrogens is 257 g/mol. The van der Waals surface area contributed by atoms with Gasteiger partial charge in [0.25, 0.3) is 0 Å². The molecule has 1 saturated carbocycles. The molecule has 0 radical (unpaired) electrons. The minimum atomic E-state index is -1.11. The van der Waals surface area contributed by atoms with Gasteiger partial charge in [-0.05, 0) is 19.8 Å². The Hall–Kier alpha value is -1.39. The number of halogens is 1. The fourth-order valence-electron chi connectivity index (χ4n) is 2.67. The highest BCUT2D eigenvalue weighted by Gasteiger charge is 2.53. The summed E-state index contributed by atoms with van der Waals surface area (Å²) in [6.45, 7) is 8.27. The molecule has 1 aliphatic carbocycles. The topological polar surface area (TPSA) is 38.1 Å². The molecule has 5 heteroatoms. The van der Waals surface area contributed by atoms with E-state index in [9.17, 15) is 9.18 Å². The van der Waals surface area contributed by atoms with E-state index < -0.39 is 5.67 Å². The SMILES string of the molecule is CC.CC1CCn2nc(C3CC3(C)F)cc2N(C)C1=O. The van der Waals surface area contributed by atoms with Crippen molar-refractivity contribution in [3.05, 3.63) is 11.8 Å². The van der Waals surface area contributed by atoms with E-state index in [1.165, 1.54) is 0 Å². The number of nitrogens with zero attached hydrogens (tertiary/aromatic N) is 3. The first-order valence-electron chi connectivity index (χ1n) is 7.44. The lowest BCUT2D eigenvalue weighted by Gasteiger charge is -2.16. The minimum absolute atomic E-state index is 0.0208. The molecule has 1 aromatic rings. The third-order valence-corrected chi connectivity index (χ3v) is 4.17. The summed E-state index contributed by atoms with van der Waals surface area (Å²) in [5.74, 6) is 0.825. The second-order valence-electron chi connectivity index (χ2n) is 5.77. The Balaban J connectivity index is 0.000000704. The third kappa shape index (κ3) is 2.45. The number of anilines is 1. The molecular formula is C15H24FN3O. The molecule has 1 aromatic heterocycles. The van der Waals surface area contributed by atoms with E-state index in [-0.39, 0.29) is 17.7 Å². The van der Waals surface area contributed by atoms with Crippen molar-refractivity contribution >= 4 is 11.7 Å². The van der Waals surface area contributed by atoms with Crippen LogP contribution < -0.4 is 4.90 Å². The average molecular weight is 281 g/mol. The Labute approximate surface area is 119 Å². The standard InChI is InChI=1S/C13H18FN3O.C2H6/c1-8-4-5-17-11(16(3)12(8)18)6-10(15-17)9-7-13(9,2)14;1-2/h6,8-9H,4-5,7H2,1-3H3;1-2H3. The van der Waals surface area contributed by atoms with Crippen LogP contribution in [0.2, 0.25) is 0 Å². The highest BCUT2D eigenvalue weighted by Crippen LogP contribution is 2.54. The molecule has 0 saturated heterocycles. The summed E-state index contributed by atoms with van der Waals surface area (Å²) in [6.07, 6.45) is 1.33. The van der Waals surface area contributed by atoms with Gasteiger partial charge in [0.2, 0.25) is 5.91 Å². The minimum Gasteiger partial charge on any atom is -0.300 e. The summed E-state index contributed by atoms with van der Waals surface area (Å²) < 4.78 is 15.5. The molecule has 0 bridgehead atoms. The maximum absolute atomic E-state index is 13.7. The van der Waals surface area contributed by atoms with Crippen LogP contribution in [0.3, 0.4) is 0 Å². The largest absolute Gasteiger partial charge is 0.300 e. The summed E-state index contributed by atoms with van der Waals surface area (Å²) >= 11 is 0. The van der Waals surface area contributed by atoms with E-state index in [2.05, 4.69) is 5.10 Å². The lowest BCUT2D eigenvalue weighted by atomic mass is 10.1. The van der Waals surface area contributed by atoms with Gasteiger partial charge in [-0.1, -0.05) is 20.8 Å². The van der Waals surface area contributed by atoms with Crippen molar-refractivity contribution in [3.8, 4) is 0 Å². The zero-order chi connectivity index (χ0) is 15.1. The molecule has 4 nitrogen and oxygen atoms in total. The highest BCUT2D eigenvalue weighted by molar-refractivity contribution is 5.94. The second-order valence-corrected chi connectivity index (χ2v) is 5.77. The average Bonchev–Trinajstić information content (AvgIpc) is 2.91. The molecule has 1 fully saturated rings. The first-order chi connectivity index (χ1) is 9.40. The number of hydrogen-bond acceptors (Lipinski definition) is 2. The Morgan fingerprint density at radius 2 is 2.05 bits per heavy atom. The van der Waals surface area contributed by atoms with E-state index in [1.54, 1.807) is 18.9 Å². The molecule has 0 aromatic carbocycles.